The fourth-order valence-corrected chi connectivity index (χ4v) is 2.61. The van der Waals surface area contributed by atoms with E-state index in [2.05, 4.69) is 11.6 Å². The smallest absolute Gasteiger partial charge is 0.346 e. The molecule has 2 rings (SSSR count). The lowest BCUT2D eigenvalue weighted by Crippen LogP contribution is -2.19. The van der Waals surface area contributed by atoms with Crippen LogP contribution in [0, 0.1) is 6.92 Å². The number of allylic oxidation sites excluding steroid dienone is 1. The normalized spacial score (nSPS) is 10.6. The molecular formula is C11H10N2O3S. The van der Waals surface area contributed by atoms with Gasteiger partial charge in [-0.15, -0.1) is 17.9 Å². The van der Waals surface area contributed by atoms with Gasteiger partial charge in [0.15, 0.2) is 0 Å². The molecule has 0 aliphatic heterocycles. The molecular weight excluding hydrogens is 240 g/mol. The van der Waals surface area contributed by atoms with Crippen LogP contribution in [-0.4, -0.2) is 20.6 Å². The second-order valence-electron chi connectivity index (χ2n) is 3.53. The monoisotopic (exact) mass is 250 g/mol. The van der Waals surface area contributed by atoms with E-state index in [9.17, 15) is 9.59 Å². The molecule has 88 valence electrons. The molecule has 0 saturated heterocycles. The molecule has 0 aromatic carbocycles. The lowest BCUT2D eigenvalue weighted by atomic mass is 10.2. The number of carbonyl (C=O) groups is 1. The number of fused-ring (bicyclic) bond motifs is 1. The summed E-state index contributed by atoms with van der Waals surface area (Å²) in [7, 11) is 0. The maximum atomic E-state index is 12.1. The largest absolute Gasteiger partial charge is 0.477 e. The standard InChI is InChI=1S/C11H10N2O3S/c1-3-4-13-5-12-9-7(10(13)14)6(2)8(17-9)11(15)16/h3,5H,1,4H2,2H3,(H,15,16). The Hall–Kier alpha value is -1.95. The van der Waals surface area contributed by atoms with Crippen molar-refractivity contribution in [3.63, 3.8) is 0 Å². The van der Waals surface area contributed by atoms with Crippen molar-refractivity contribution in [2.75, 3.05) is 0 Å². The number of aryl methyl sites for hydroxylation is 1. The predicted molar refractivity (Wildman–Crippen MR) is 65.8 cm³/mol. The van der Waals surface area contributed by atoms with Gasteiger partial charge in [0.25, 0.3) is 5.56 Å². The number of aromatic carboxylic acids is 1. The Labute approximate surface area is 101 Å². The molecule has 2 aromatic heterocycles. The maximum absolute atomic E-state index is 12.1. The highest BCUT2D eigenvalue weighted by atomic mass is 32.1. The summed E-state index contributed by atoms with van der Waals surface area (Å²) in [6.07, 6.45) is 3.00. The van der Waals surface area contributed by atoms with E-state index in [1.807, 2.05) is 0 Å². The molecule has 6 heteroatoms. The van der Waals surface area contributed by atoms with E-state index in [0.29, 0.717) is 22.3 Å². The topological polar surface area (TPSA) is 72.2 Å². The minimum Gasteiger partial charge on any atom is -0.477 e. The van der Waals surface area contributed by atoms with E-state index >= 15 is 0 Å². The van der Waals surface area contributed by atoms with Crippen molar-refractivity contribution in [3.05, 3.63) is 39.8 Å². The van der Waals surface area contributed by atoms with Gasteiger partial charge in [-0.1, -0.05) is 6.08 Å². The van der Waals surface area contributed by atoms with Crippen LogP contribution in [0.15, 0.2) is 23.8 Å². The summed E-state index contributed by atoms with van der Waals surface area (Å²) in [5.41, 5.74) is 0.254. The third kappa shape index (κ3) is 1.76. The second kappa shape index (κ2) is 4.14. The first kappa shape index (κ1) is 11.5. The summed E-state index contributed by atoms with van der Waals surface area (Å²) >= 11 is 1.02. The maximum Gasteiger partial charge on any atom is 0.346 e. The molecule has 2 heterocycles. The number of hydrogen-bond acceptors (Lipinski definition) is 4. The number of hydrogen-bond donors (Lipinski definition) is 1. The SMILES string of the molecule is C=CCn1cnc2sc(C(=O)O)c(C)c2c1=O. The van der Waals surface area contributed by atoms with Crippen molar-refractivity contribution in [2.45, 2.75) is 13.5 Å². The van der Waals surface area contributed by atoms with Crippen LogP contribution in [0.5, 0.6) is 0 Å². The third-order valence-electron chi connectivity index (χ3n) is 2.44. The van der Waals surface area contributed by atoms with Gasteiger partial charge in [-0.3, -0.25) is 9.36 Å². The van der Waals surface area contributed by atoms with E-state index in [4.69, 9.17) is 5.11 Å². The van der Waals surface area contributed by atoms with E-state index in [1.165, 1.54) is 10.9 Å². The van der Waals surface area contributed by atoms with Crippen LogP contribution in [0.25, 0.3) is 10.2 Å². The quantitative estimate of drug-likeness (QED) is 0.841. The van der Waals surface area contributed by atoms with Crippen LogP contribution in [0.3, 0.4) is 0 Å². The van der Waals surface area contributed by atoms with Crippen molar-refractivity contribution >= 4 is 27.5 Å². The summed E-state index contributed by atoms with van der Waals surface area (Å²) < 4.78 is 1.40. The van der Waals surface area contributed by atoms with E-state index < -0.39 is 5.97 Å². The first-order valence-electron chi connectivity index (χ1n) is 4.89. The zero-order valence-electron chi connectivity index (χ0n) is 9.14. The molecule has 0 aliphatic carbocycles. The highest BCUT2D eigenvalue weighted by Gasteiger charge is 2.18. The highest BCUT2D eigenvalue weighted by molar-refractivity contribution is 7.20. The second-order valence-corrected chi connectivity index (χ2v) is 4.53. The van der Waals surface area contributed by atoms with Crippen molar-refractivity contribution < 1.29 is 9.90 Å². The lowest BCUT2D eigenvalue weighted by molar-refractivity contribution is 0.0701. The van der Waals surface area contributed by atoms with Gasteiger partial charge in [0.2, 0.25) is 0 Å². The molecule has 1 N–H and O–H groups in total. The fraction of sp³-hybridized carbons (Fsp3) is 0.182. The average molecular weight is 250 g/mol. The Bertz CT molecular complexity index is 669. The van der Waals surface area contributed by atoms with Gasteiger partial charge in [0, 0.05) is 6.54 Å². The molecule has 0 amide bonds. The van der Waals surface area contributed by atoms with E-state index in [1.54, 1.807) is 13.0 Å². The van der Waals surface area contributed by atoms with Gasteiger partial charge >= 0.3 is 5.97 Å². The summed E-state index contributed by atoms with van der Waals surface area (Å²) in [6.45, 7) is 5.54. The van der Waals surface area contributed by atoms with E-state index in [0.717, 1.165) is 11.3 Å². The molecule has 2 aromatic rings. The van der Waals surface area contributed by atoms with Gasteiger partial charge in [-0.05, 0) is 12.5 Å². The fourth-order valence-electron chi connectivity index (χ4n) is 1.63. The Morgan fingerprint density at radius 1 is 1.71 bits per heavy atom. The first-order valence-corrected chi connectivity index (χ1v) is 5.70. The summed E-state index contributed by atoms with van der Waals surface area (Å²) in [5, 5.41) is 9.37. The molecule has 5 nitrogen and oxygen atoms in total. The minimum absolute atomic E-state index is 0.168. The van der Waals surface area contributed by atoms with Gasteiger partial charge in [-0.2, -0.15) is 0 Å². The molecule has 0 saturated carbocycles. The molecule has 0 aliphatic rings. The van der Waals surface area contributed by atoms with Crippen LogP contribution in [0.1, 0.15) is 15.2 Å². The first-order chi connectivity index (χ1) is 8.06. The number of aromatic nitrogens is 2. The Kier molecular flexibility index (Phi) is 2.81. The highest BCUT2D eigenvalue weighted by Crippen LogP contribution is 2.26. The molecule has 0 unspecified atom stereocenters. The lowest BCUT2D eigenvalue weighted by Gasteiger charge is -2.00. The third-order valence-corrected chi connectivity index (χ3v) is 3.63. The summed E-state index contributed by atoms with van der Waals surface area (Å²) in [4.78, 5) is 27.8. The van der Waals surface area contributed by atoms with E-state index in [-0.39, 0.29) is 10.4 Å². The van der Waals surface area contributed by atoms with Crippen molar-refractivity contribution in [2.24, 2.45) is 0 Å². The summed E-state index contributed by atoms with van der Waals surface area (Å²) in [6, 6.07) is 0. The van der Waals surface area contributed by atoms with Crippen molar-refractivity contribution in [1.82, 2.24) is 9.55 Å². The van der Waals surface area contributed by atoms with Crippen LogP contribution in [0.4, 0.5) is 0 Å². The number of nitrogens with zero attached hydrogens (tertiary/aromatic N) is 2. The van der Waals surface area contributed by atoms with Crippen LogP contribution >= 0.6 is 11.3 Å². The number of rotatable bonds is 3. The van der Waals surface area contributed by atoms with Gasteiger partial charge < -0.3 is 5.11 Å². The predicted octanol–water partition coefficient (Wildman–Crippen LogP) is 1.65. The van der Waals surface area contributed by atoms with Gasteiger partial charge in [0.05, 0.1) is 11.7 Å². The Morgan fingerprint density at radius 2 is 2.41 bits per heavy atom. The number of carboxylic acids is 1. The van der Waals surface area contributed by atoms with Gasteiger partial charge in [0.1, 0.15) is 9.71 Å². The zero-order valence-corrected chi connectivity index (χ0v) is 9.95. The zero-order chi connectivity index (χ0) is 12.6. The van der Waals surface area contributed by atoms with Crippen LogP contribution in [0.2, 0.25) is 0 Å². The molecule has 0 radical (unpaired) electrons. The van der Waals surface area contributed by atoms with Crippen LogP contribution < -0.4 is 5.56 Å². The van der Waals surface area contributed by atoms with Crippen molar-refractivity contribution in [3.8, 4) is 0 Å². The Morgan fingerprint density at radius 3 is 3.00 bits per heavy atom. The van der Waals surface area contributed by atoms with Gasteiger partial charge in [-0.25, -0.2) is 9.78 Å². The molecule has 0 atom stereocenters. The molecule has 17 heavy (non-hydrogen) atoms. The summed E-state index contributed by atoms with van der Waals surface area (Å²) in [5.74, 6) is -1.03. The Balaban J connectivity index is 2.81. The molecule has 0 spiro atoms. The number of thiophene rings is 1. The molecule has 0 bridgehead atoms. The average Bonchev–Trinajstić information content (AvgIpc) is 2.61. The van der Waals surface area contributed by atoms with Crippen LogP contribution in [-0.2, 0) is 6.54 Å². The minimum atomic E-state index is -1.03. The molecule has 0 fully saturated rings. The van der Waals surface area contributed by atoms with Crippen molar-refractivity contribution in [1.29, 1.82) is 0 Å². The number of carboxylic acid groups (broad SMARTS) is 1.